The fourth-order valence-corrected chi connectivity index (χ4v) is 3.38. The summed E-state index contributed by atoms with van der Waals surface area (Å²) in [6, 6.07) is 6.63. The molecule has 0 bridgehead atoms. The number of benzene rings is 1. The SMILES string of the molecule is CCc1nn(C)c(N2CCN(c3ccccc3[N+](=O)[O-])CC2)c1[N+](=O)[O-]. The maximum atomic E-state index is 11.5. The van der Waals surface area contributed by atoms with Gasteiger partial charge < -0.3 is 9.80 Å². The smallest absolute Gasteiger partial charge is 0.334 e. The van der Waals surface area contributed by atoms with Gasteiger partial charge in [0, 0.05) is 39.3 Å². The van der Waals surface area contributed by atoms with Gasteiger partial charge in [-0.05, 0) is 12.5 Å². The Hall–Kier alpha value is -3.17. The Morgan fingerprint density at radius 3 is 2.23 bits per heavy atom. The van der Waals surface area contributed by atoms with Gasteiger partial charge in [0.1, 0.15) is 11.4 Å². The number of aromatic nitrogens is 2. The average molecular weight is 360 g/mol. The predicted molar refractivity (Wildman–Crippen MR) is 96.8 cm³/mol. The second-order valence-corrected chi connectivity index (χ2v) is 6.07. The van der Waals surface area contributed by atoms with Crippen molar-refractivity contribution in [2.75, 3.05) is 36.0 Å². The zero-order valence-corrected chi connectivity index (χ0v) is 14.7. The van der Waals surface area contributed by atoms with Crippen LogP contribution in [0.5, 0.6) is 0 Å². The Kier molecular flexibility index (Phi) is 4.74. The first-order valence-corrected chi connectivity index (χ1v) is 8.37. The third-order valence-electron chi connectivity index (χ3n) is 4.58. The van der Waals surface area contributed by atoms with Gasteiger partial charge in [0.15, 0.2) is 0 Å². The molecule has 0 atom stereocenters. The Morgan fingerprint density at radius 2 is 1.65 bits per heavy atom. The molecule has 0 amide bonds. The number of aryl methyl sites for hydroxylation is 2. The summed E-state index contributed by atoms with van der Waals surface area (Å²) in [5.74, 6) is 0.495. The van der Waals surface area contributed by atoms with E-state index in [2.05, 4.69) is 5.10 Å². The molecule has 1 aromatic carbocycles. The number of nitrogens with zero attached hydrogens (tertiary/aromatic N) is 6. The normalized spacial score (nSPS) is 14.5. The highest BCUT2D eigenvalue weighted by atomic mass is 16.6. The number of para-hydroxylation sites is 2. The lowest BCUT2D eigenvalue weighted by Crippen LogP contribution is -2.47. The van der Waals surface area contributed by atoms with E-state index in [1.807, 2.05) is 16.7 Å². The monoisotopic (exact) mass is 360 g/mol. The van der Waals surface area contributed by atoms with Crippen molar-refractivity contribution in [1.82, 2.24) is 9.78 Å². The van der Waals surface area contributed by atoms with Crippen LogP contribution in [0.3, 0.4) is 0 Å². The molecule has 10 nitrogen and oxygen atoms in total. The van der Waals surface area contributed by atoms with Crippen LogP contribution >= 0.6 is 0 Å². The van der Waals surface area contributed by atoms with Crippen molar-refractivity contribution in [1.29, 1.82) is 0 Å². The maximum absolute atomic E-state index is 11.5. The summed E-state index contributed by atoms with van der Waals surface area (Å²) in [5, 5.41) is 27.0. The quantitative estimate of drug-likeness (QED) is 0.593. The Labute approximate surface area is 149 Å². The first-order chi connectivity index (χ1) is 12.4. The minimum Gasteiger partial charge on any atom is -0.362 e. The van der Waals surface area contributed by atoms with Gasteiger partial charge in [0.25, 0.3) is 5.69 Å². The highest BCUT2D eigenvalue weighted by Crippen LogP contribution is 2.34. The van der Waals surface area contributed by atoms with Crippen LogP contribution in [0.1, 0.15) is 12.6 Å². The highest BCUT2D eigenvalue weighted by Gasteiger charge is 2.32. The van der Waals surface area contributed by atoms with E-state index in [-0.39, 0.29) is 21.2 Å². The molecular formula is C16H20N6O4. The summed E-state index contributed by atoms with van der Waals surface area (Å²) in [5.41, 5.74) is 1.16. The van der Waals surface area contributed by atoms with Crippen molar-refractivity contribution in [2.45, 2.75) is 13.3 Å². The van der Waals surface area contributed by atoms with E-state index >= 15 is 0 Å². The van der Waals surface area contributed by atoms with Gasteiger partial charge in [0.05, 0.1) is 9.85 Å². The fourth-order valence-electron chi connectivity index (χ4n) is 3.38. The molecule has 26 heavy (non-hydrogen) atoms. The van der Waals surface area contributed by atoms with E-state index in [0.29, 0.717) is 49.8 Å². The number of hydrogen-bond acceptors (Lipinski definition) is 7. The van der Waals surface area contributed by atoms with E-state index in [4.69, 9.17) is 0 Å². The van der Waals surface area contributed by atoms with Crippen LogP contribution in [0.2, 0.25) is 0 Å². The molecule has 1 aromatic heterocycles. The van der Waals surface area contributed by atoms with Gasteiger partial charge in [-0.1, -0.05) is 19.1 Å². The van der Waals surface area contributed by atoms with Gasteiger partial charge >= 0.3 is 5.69 Å². The third-order valence-corrected chi connectivity index (χ3v) is 4.58. The number of anilines is 2. The lowest BCUT2D eigenvalue weighted by molar-refractivity contribution is -0.384. The molecule has 0 unspecified atom stereocenters. The Bertz CT molecular complexity index is 841. The Balaban J connectivity index is 1.83. The van der Waals surface area contributed by atoms with Crippen LogP contribution in [0.25, 0.3) is 0 Å². The molecule has 10 heteroatoms. The lowest BCUT2D eigenvalue weighted by atomic mass is 10.2. The number of piperazine rings is 1. The van der Waals surface area contributed by atoms with Crippen LogP contribution in [-0.2, 0) is 13.5 Å². The summed E-state index contributed by atoms with van der Waals surface area (Å²) in [6.45, 7) is 3.96. The van der Waals surface area contributed by atoms with E-state index in [1.54, 1.807) is 29.9 Å². The molecule has 1 aliphatic heterocycles. The predicted octanol–water partition coefficient (Wildman–Crippen LogP) is 2.13. The van der Waals surface area contributed by atoms with Gasteiger partial charge in [0.2, 0.25) is 5.82 Å². The standard InChI is InChI=1S/C16H20N6O4/c1-3-12-15(22(25)26)16(18(2)17-12)20-10-8-19(9-11-20)13-6-4-5-7-14(13)21(23)24/h4-7H,3,8-11H2,1-2H3. The molecule has 2 aromatic rings. The topological polar surface area (TPSA) is 111 Å². The van der Waals surface area contributed by atoms with E-state index in [0.717, 1.165) is 0 Å². The number of nitro groups is 2. The molecule has 1 fully saturated rings. The number of hydrogen-bond donors (Lipinski definition) is 0. The molecule has 0 aliphatic carbocycles. The van der Waals surface area contributed by atoms with E-state index < -0.39 is 0 Å². The first-order valence-electron chi connectivity index (χ1n) is 8.37. The fraction of sp³-hybridized carbons (Fsp3) is 0.438. The number of rotatable bonds is 5. The first kappa shape index (κ1) is 17.6. The zero-order chi connectivity index (χ0) is 18.8. The molecule has 1 saturated heterocycles. The average Bonchev–Trinajstić information content (AvgIpc) is 2.98. The summed E-state index contributed by atoms with van der Waals surface area (Å²) < 4.78 is 1.55. The van der Waals surface area contributed by atoms with Crippen LogP contribution in [0, 0.1) is 20.2 Å². The minimum atomic E-state index is -0.388. The maximum Gasteiger partial charge on any atom is 0.334 e. The van der Waals surface area contributed by atoms with Crippen molar-refractivity contribution in [2.24, 2.45) is 7.05 Å². The molecule has 1 aliphatic rings. The van der Waals surface area contributed by atoms with Crippen LogP contribution in [0.4, 0.5) is 22.9 Å². The van der Waals surface area contributed by atoms with Crippen molar-refractivity contribution in [3.63, 3.8) is 0 Å². The summed E-state index contributed by atoms with van der Waals surface area (Å²) in [6.07, 6.45) is 0.486. The van der Waals surface area contributed by atoms with Gasteiger partial charge in [-0.3, -0.25) is 20.2 Å². The molecule has 0 N–H and O–H groups in total. The summed E-state index contributed by atoms with van der Waals surface area (Å²) >= 11 is 0. The zero-order valence-electron chi connectivity index (χ0n) is 14.7. The van der Waals surface area contributed by atoms with Crippen molar-refractivity contribution in [3.05, 3.63) is 50.2 Å². The second-order valence-electron chi connectivity index (χ2n) is 6.07. The van der Waals surface area contributed by atoms with Crippen LogP contribution in [0.15, 0.2) is 24.3 Å². The lowest BCUT2D eigenvalue weighted by Gasteiger charge is -2.36. The van der Waals surface area contributed by atoms with Crippen molar-refractivity contribution >= 4 is 22.9 Å². The molecular weight excluding hydrogens is 340 g/mol. The second kappa shape index (κ2) is 6.98. The van der Waals surface area contributed by atoms with Gasteiger partial charge in [-0.25, -0.2) is 4.68 Å². The van der Waals surface area contributed by atoms with Crippen LogP contribution < -0.4 is 9.80 Å². The third kappa shape index (κ3) is 3.05. The van der Waals surface area contributed by atoms with Gasteiger partial charge in [-0.15, -0.1) is 0 Å². The van der Waals surface area contributed by atoms with Crippen molar-refractivity contribution < 1.29 is 9.85 Å². The van der Waals surface area contributed by atoms with E-state index in [1.165, 1.54) is 6.07 Å². The van der Waals surface area contributed by atoms with Gasteiger partial charge in [-0.2, -0.15) is 5.10 Å². The summed E-state index contributed by atoms with van der Waals surface area (Å²) in [4.78, 5) is 25.8. The Morgan fingerprint density at radius 1 is 1.04 bits per heavy atom. The minimum absolute atomic E-state index is 0.0501. The molecule has 0 radical (unpaired) electrons. The van der Waals surface area contributed by atoms with E-state index in [9.17, 15) is 20.2 Å². The molecule has 2 heterocycles. The largest absolute Gasteiger partial charge is 0.362 e. The van der Waals surface area contributed by atoms with Crippen molar-refractivity contribution in [3.8, 4) is 0 Å². The van der Waals surface area contributed by atoms with Crippen LogP contribution in [-0.4, -0.2) is 45.8 Å². The molecule has 138 valence electrons. The molecule has 3 rings (SSSR count). The molecule has 0 spiro atoms. The highest BCUT2D eigenvalue weighted by molar-refractivity contribution is 5.66. The molecule has 0 saturated carbocycles. The number of nitro benzene ring substituents is 1. The summed E-state index contributed by atoms with van der Waals surface area (Å²) in [7, 11) is 1.70.